The molecule has 40 heavy (non-hydrogen) atoms. The Morgan fingerprint density at radius 2 is 1.85 bits per heavy atom. The number of benzene rings is 3. The fraction of sp³-hybridized carbons (Fsp3) is 0.172. The molecule has 2 heterocycles. The van der Waals surface area contributed by atoms with Crippen molar-refractivity contribution in [3.8, 4) is 23.1 Å². The van der Waals surface area contributed by atoms with Crippen LogP contribution in [0.1, 0.15) is 19.4 Å². The van der Waals surface area contributed by atoms with E-state index in [0.717, 1.165) is 5.39 Å². The number of para-hydroxylation sites is 2. The van der Waals surface area contributed by atoms with E-state index < -0.39 is 5.97 Å². The van der Waals surface area contributed by atoms with Crippen LogP contribution in [0.3, 0.4) is 0 Å². The van der Waals surface area contributed by atoms with E-state index in [9.17, 15) is 9.59 Å². The summed E-state index contributed by atoms with van der Waals surface area (Å²) in [7, 11) is 1.48. The maximum Gasteiger partial charge on any atom is 0.344 e. The van der Waals surface area contributed by atoms with E-state index in [2.05, 4.69) is 37.0 Å². The van der Waals surface area contributed by atoms with Crippen molar-refractivity contribution < 1.29 is 23.4 Å². The normalized spacial score (nSPS) is 11.6. The molecule has 2 aromatic heterocycles. The number of methoxy groups -OCH3 is 1. The zero-order valence-corrected chi connectivity index (χ0v) is 24.9. The van der Waals surface area contributed by atoms with Crippen LogP contribution in [0.2, 0.25) is 0 Å². The van der Waals surface area contributed by atoms with Crippen molar-refractivity contribution in [2.75, 3.05) is 13.7 Å². The maximum absolute atomic E-state index is 13.6. The van der Waals surface area contributed by atoms with Crippen LogP contribution in [-0.2, 0) is 9.53 Å². The van der Waals surface area contributed by atoms with Crippen LogP contribution in [0.15, 0.2) is 83.9 Å². The topological polar surface area (TPSA) is 105 Å². The Bertz CT molecular complexity index is 1790. The van der Waals surface area contributed by atoms with E-state index in [1.165, 1.54) is 18.0 Å². The van der Waals surface area contributed by atoms with Crippen molar-refractivity contribution in [2.45, 2.75) is 20.0 Å². The van der Waals surface area contributed by atoms with Gasteiger partial charge in [0.05, 0.1) is 34.8 Å². The summed E-state index contributed by atoms with van der Waals surface area (Å²) in [4.78, 5) is 30.3. The minimum Gasteiger partial charge on any atom is -0.493 e. The number of carbonyl (C=O) groups is 1. The number of esters is 1. The number of carbonyl (C=O) groups excluding carboxylic acids is 1. The third-order valence-corrected chi connectivity index (χ3v) is 7.93. The van der Waals surface area contributed by atoms with Crippen molar-refractivity contribution in [3.05, 3.63) is 85.5 Å². The van der Waals surface area contributed by atoms with Crippen molar-refractivity contribution in [2.24, 2.45) is 5.10 Å². The van der Waals surface area contributed by atoms with Crippen LogP contribution < -0.4 is 15.0 Å². The first kappa shape index (κ1) is 27.6. The Labute approximate surface area is 245 Å². The molecule has 0 spiro atoms. The Kier molecular flexibility index (Phi) is 8.04. The van der Waals surface area contributed by atoms with Gasteiger partial charge in [0.15, 0.2) is 23.9 Å². The van der Waals surface area contributed by atoms with E-state index in [0.29, 0.717) is 48.3 Å². The van der Waals surface area contributed by atoms with Gasteiger partial charge in [0.25, 0.3) is 5.56 Å². The zero-order valence-electron chi connectivity index (χ0n) is 21.7. The predicted molar refractivity (Wildman–Crippen MR) is 159 cm³/mol. The van der Waals surface area contributed by atoms with Gasteiger partial charge >= 0.3 is 5.97 Å². The number of aromatic nitrogens is 2. The molecule has 9 nitrogen and oxygen atoms in total. The highest BCUT2D eigenvalue weighted by Gasteiger charge is 2.20. The van der Waals surface area contributed by atoms with Gasteiger partial charge < -0.3 is 18.6 Å². The van der Waals surface area contributed by atoms with Crippen LogP contribution in [0, 0.1) is 0 Å². The Balaban J connectivity index is 1.58. The van der Waals surface area contributed by atoms with Crippen LogP contribution in [0.5, 0.6) is 11.5 Å². The van der Waals surface area contributed by atoms with Crippen molar-refractivity contribution in [1.29, 1.82) is 0 Å². The molecule has 0 saturated carbocycles. The summed E-state index contributed by atoms with van der Waals surface area (Å²) in [5.74, 6) is 0.792. The second-order valence-corrected chi connectivity index (χ2v) is 10.5. The minimum absolute atomic E-state index is 0.252. The van der Waals surface area contributed by atoms with E-state index in [-0.39, 0.29) is 24.1 Å². The first-order chi connectivity index (χ1) is 19.3. The van der Waals surface area contributed by atoms with Crippen molar-refractivity contribution >= 4 is 65.9 Å². The predicted octanol–water partition coefficient (Wildman–Crippen LogP) is 6.56. The maximum atomic E-state index is 13.6. The van der Waals surface area contributed by atoms with Gasteiger partial charge in [-0.15, -0.1) is 0 Å². The highest BCUT2D eigenvalue weighted by atomic mass is 79.9. The molecular weight excluding hydrogens is 646 g/mol. The van der Waals surface area contributed by atoms with Crippen LogP contribution in [-0.4, -0.2) is 41.7 Å². The molecular formula is C29H23Br2N3O6. The molecule has 204 valence electrons. The summed E-state index contributed by atoms with van der Waals surface area (Å²) < 4.78 is 24.6. The molecule has 5 rings (SSSR count). The Morgan fingerprint density at radius 1 is 1.10 bits per heavy atom. The van der Waals surface area contributed by atoms with Gasteiger partial charge in [-0.25, -0.2) is 9.78 Å². The summed E-state index contributed by atoms with van der Waals surface area (Å²) in [5.41, 5.74) is 1.40. The molecule has 0 unspecified atom stereocenters. The molecule has 0 saturated heterocycles. The smallest absolute Gasteiger partial charge is 0.344 e. The third-order valence-electron chi connectivity index (χ3n) is 5.79. The average Bonchev–Trinajstić information content (AvgIpc) is 3.37. The highest BCUT2D eigenvalue weighted by molar-refractivity contribution is 9.13. The van der Waals surface area contributed by atoms with Crippen LogP contribution in [0.25, 0.3) is 33.5 Å². The van der Waals surface area contributed by atoms with E-state index >= 15 is 0 Å². The zero-order chi connectivity index (χ0) is 28.4. The molecule has 0 amide bonds. The number of fused-ring (bicyclic) bond motifs is 2. The van der Waals surface area contributed by atoms with E-state index in [1.54, 1.807) is 38.1 Å². The molecule has 0 atom stereocenters. The number of ether oxygens (including phenoxy) is 3. The van der Waals surface area contributed by atoms with Crippen LogP contribution in [0.4, 0.5) is 0 Å². The second kappa shape index (κ2) is 11.6. The fourth-order valence-electron chi connectivity index (χ4n) is 4.02. The van der Waals surface area contributed by atoms with Gasteiger partial charge in [-0.1, -0.05) is 30.3 Å². The molecule has 0 radical (unpaired) electrons. The quantitative estimate of drug-likeness (QED) is 0.136. The second-order valence-electron chi connectivity index (χ2n) is 8.91. The lowest BCUT2D eigenvalue weighted by Gasteiger charge is -2.15. The van der Waals surface area contributed by atoms with Gasteiger partial charge in [-0.2, -0.15) is 9.78 Å². The van der Waals surface area contributed by atoms with Crippen LogP contribution >= 0.6 is 31.9 Å². The molecule has 0 bridgehead atoms. The molecule has 0 aliphatic rings. The number of rotatable bonds is 8. The Morgan fingerprint density at radius 3 is 2.60 bits per heavy atom. The number of hydrogen-bond acceptors (Lipinski definition) is 8. The SMILES string of the molecule is COc1cc(C=Nn2c(-c3cc4ccccc4o3)nc3ccccc3c2=O)c(Br)c(Br)c1OCC(=O)OC(C)C. The molecule has 5 aromatic rings. The lowest BCUT2D eigenvalue weighted by molar-refractivity contribution is -0.149. The average molecular weight is 669 g/mol. The first-order valence-corrected chi connectivity index (χ1v) is 13.8. The summed E-state index contributed by atoms with van der Waals surface area (Å²) in [6, 6.07) is 18.1. The fourth-order valence-corrected chi connectivity index (χ4v) is 4.95. The largest absolute Gasteiger partial charge is 0.493 e. The Hall–Kier alpha value is -3.96. The van der Waals surface area contributed by atoms with Gasteiger partial charge in [0, 0.05) is 15.4 Å². The van der Waals surface area contributed by atoms with Gasteiger partial charge in [-0.05, 0) is 76.0 Å². The molecule has 0 aliphatic carbocycles. The number of halogens is 2. The molecule has 11 heteroatoms. The van der Waals surface area contributed by atoms with E-state index in [1.807, 2.05) is 36.4 Å². The number of nitrogens with zero attached hydrogens (tertiary/aromatic N) is 3. The number of furan rings is 1. The number of hydrogen-bond donors (Lipinski definition) is 0. The lowest BCUT2D eigenvalue weighted by Crippen LogP contribution is -2.20. The summed E-state index contributed by atoms with van der Waals surface area (Å²) in [5, 5.41) is 5.81. The van der Waals surface area contributed by atoms with Crippen molar-refractivity contribution in [1.82, 2.24) is 9.66 Å². The standard InChI is InChI=1S/C29H23Br2N3O6/c1-16(2)39-24(35)15-38-27-22(37-3)13-18(25(30)26(27)31)14-32-34-28(23-12-17-8-4-7-11-21(17)40-23)33-20-10-6-5-9-19(20)29(34)36/h4-14,16H,15H2,1-3H3. The summed E-state index contributed by atoms with van der Waals surface area (Å²) in [6.45, 7) is 3.22. The molecule has 3 aromatic carbocycles. The third kappa shape index (κ3) is 5.52. The summed E-state index contributed by atoms with van der Waals surface area (Å²) >= 11 is 7.06. The lowest BCUT2D eigenvalue weighted by atomic mass is 10.2. The minimum atomic E-state index is -0.507. The van der Waals surface area contributed by atoms with Gasteiger partial charge in [-0.3, -0.25) is 4.79 Å². The van der Waals surface area contributed by atoms with Gasteiger partial charge in [0.1, 0.15) is 5.58 Å². The molecule has 0 N–H and O–H groups in total. The molecule has 0 aliphatic heterocycles. The molecule has 0 fully saturated rings. The monoisotopic (exact) mass is 667 g/mol. The first-order valence-electron chi connectivity index (χ1n) is 12.2. The van der Waals surface area contributed by atoms with Gasteiger partial charge in [0.2, 0.25) is 5.82 Å². The van der Waals surface area contributed by atoms with E-state index in [4.69, 9.17) is 23.6 Å². The summed E-state index contributed by atoms with van der Waals surface area (Å²) in [6.07, 6.45) is 1.24. The van der Waals surface area contributed by atoms with Crippen molar-refractivity contribution in [3.63, 3.8) is 0 Å². The highest BCUT2D eigenvalue weighted by Crippen LogP contribution is 2.42.